The van der Waals surface area contributed by atoms with Gasteiger partial charge in [0.1, 0.15) is 0 Å². The van der Waals surface area contributed by atoms with Crippen molar-refractivity contribution in [3.05, 3.63) is 12.2 Å². The van der Waals surface area contributed by atoms with Gasteiger partial charge in [-0.25, -0.2) is 0 Å². The Bertz CT molecular complexity index is 82.4. The number of hydrogen-bond acceptors (Lipinski definition) is 1. The largest absolute Gasteiger partial charge is 0.330 e. The highest BCUT2D eigenvalue weighted by Gasteiger charge is 2.16. The molecule has 0 aromatic heterocycles. The highest BCUT2D eigenvalue weighted by molar-refractivity contribution is 4.95. The lowest BCUT2D eigenvalue weighted by Crippen LogP contribution is -1.94. The van der Waals surface area contributed by atoms with E-state index in [1.54, 1.807) is 0 Å². The van der Waals surface area contributed by atoms with Crippen LogP contribution in [0, 0.1) is 5.92 Å². The number of nitrogens with two attached hydrogens (primary N) is 1. The molecule has 0 spiro atoms. The second kappa shape index (κ2) is 2.88. The van der Waals surface area contributed by atoms with Gasteiger partial charge in [-0.1, -0.05) is 12.2 Å². The van der Waals surface area contributed by atoms with Crippen molar-refractivity contribution in [1.29, 1.82) is 0 Å². The second-order valence-electron chi connectivity index (χ2n) is 2.34. The zero-order valence-corrected chi connectivity index (χ0v) is 5.14. The molecule has 1 rings (SSSR count). The molecule has 1 heteroatoms. The molecule has 1 nitrogen and oxygen atoms in total. The first-order valence-electron chi connectivity index (χ1n) is 3.30. The van der Waals surface area contributed by atoms with Gasteiger partial charge in [0, 0.05) is 0 Å². The van der Waals surface area contributed by atoms with Gasteiger partial charge in [0.15, 0.2) is 0 Å². The molecule has 2 N–H and O–H groups in total. The summed E-state index contributed by atoms with van der Waals surface area (Å²) in [7, 11) is 0. The fourth-order valence-electron chi connectivity index (χ4n) is 0.674. The topological polar surface area (TPSA) is 26.0 Å². The van der Waals surface area contributed by atoms with Gasteiger partial charge in [0.2, 0.25) is 0 Å². The predicted octanol–water partition coefficient (Wildman–Crippen LogP) is 1.30. The van der Waals surface area contributed by atoms with Gasteiger partial charge in [0.05, 0.1) is 0 Å². The molecule has 0 unspecified atom stereocenters. The third kappa shape index (κ3) is 2.12. The Kier molecular flexibility index (Phi) is 2.10. The molecule has 0 aromatic carbocycles. The molecule has 0 heterocycles. The van der Waals surface area contributed by atoms with E-state index in [0.29, 0.717) is 0 Å². The van der Waals surface area contributed by atoms with Gasteiger partial charge in [0.25, 0.3) is 0 Å². The summed E-state index contributed by atoms with van der Waals surface area (Å²) in [6.07, 6.45) is 8.34. The number of rotatable bonds is 3. The molecule has 0 amide bonds. The highest BCUT2D eigenvalue weighted by Crippen LogP contribution is 2.29. The van der Waals surface area contributed by atoms with Crippen LogP contribution in [0.3, 0.4) is 0 Å². The normalized spacial score (nSPS) is 20.1. The van der Waals surface area contributed by atoms with Crippen LogP contribution in [0.15, 0.2) is 12.2 Å². The van der Waals surface area contributed by atoms with Crippen LogP contribution in [-0.2, 0) is 0 Å². The monoisotopic (exact) mass is 111 g/mol. The second-order valence-corrected chi connectivity index (χ2v) is 2.34. The molecule has 1 aliphatic rings. The summed E-state index contributed by atoms with van der Waals surface area (Å²) in [5, 5.41) is 0. The van der Waals surface area contributed by atoms with E-state index in [-0.39, 0.29) is 0 Å². The summed E-state index contributed by atoms with van der Waals surface area (Å²) in [6, 6.07) is 0. The summed E-state index contributed by atoms with van der Waals surface area (Å²) >= 11 is 0. The molecule has 0 bridgehead atoms. The zero-order chi connectivity index (χ0) is 5.82. The third-order valence-electron chi connectivity index (χ3n) is 1.36. The van der Waals surface area contributed by atoms with E-state index in [2.05, 4.69) is 12.2 Å². The first kappa shape index (κ1) is 5.83. The average Bonchev–Trinajstić information content (AvgIpc) is 2.51. The van der Waals surface area contributed by atoms with E-state index in [9.17, 15) is 0 Å². The van der Waals surface area contributed by atoms with Crippen molar-refractivity contribution in [2.24, 2.45) is 11.7 Å². The van der Waals surface area contributed by atoms with E-state index < -0.39 is 0 Å². The first-order chi connectivity index (χ1) is 3.93. The van der Waals surface area contributed by atoms with Crippen LogP contribution in [0.1, 0.15) is 19.3 Å². The Morgan fingerprint density at radius 3 is 2.75 bits per heavy atom. The molecular formula is C7H13N. The molecule has 1 fully saturated rings. The molecule has 8 heavy (non-hydrogen) atoms. The lowest BCUT2D eigenvalue weighted by Gasteiger charge is -1.81. The maximum atomic E-state index is 5.28. The van der Waals surface area contributed by atoms with Gasteiger partial charge in [-0.2, -0.15) is 0 Å². The fraction of sp³-hybridized carbons (Fsp3) is 0.714. The lowest BCUT2D eigenvalue weighted by atomic mass is 10.3. The van der Waals surface area contributed by atoms with Crippen LogP contribution in [0.5, 0.6) is 0 Å². The quantitative estimate of drug-likeness (QED) is 0.546. The molecule has 0 aliphatic heterocycles. The maximum Gasteiger partial charge on any atom is -0.00426 e. The Labute approximate surface area is 50.6 Å². The van der Waals surface area contributed by atoms with Crippen molar-refractivity contribution in [3.63, 3.8) is 0 Å². The Morgan fingerprint density at radius 2 is 2.25 bits per heavy atom. The van der Waals surface area contributed by atoms with Crippen LogP contribution in [-0.4, -0.2) is 6.54 Å². The molecule has 0 saturated heterocycles. The van der Waals surface area contributed by atoms with Crippen molar-refractivity contribution in [2.75, 3.05) is 6.54 Å². The average molecular weight is 111 g/mol. The summed E-state index contributed by atoms with van der Waals surface area (Å²) in [6.45, 7) is 0.795. The van der Waals surface area contributed by atoms with Crippen molar-refractivity contribution >= 4 is 0 Å². The summed E-state index contributed by atoms with van der Waals surface area (Å²) in [5.41, 5.74) is 5.28. The van der Waals surface area contributed by atoms with Gasteiger partial charge in [-0.05, 0) is 31.7 Å². The first-order valence-corrected chi connectivity index (χ1v) is 3.30. The Balaban J connectivity index is 1.96. The summed E-state index contributed by atoms with van der Waals surface area (Å²) in [5.74, 6) is 0.918. The van der Waals surface area contributed by atoms with Crippen molar-refractivity contribution < 1.29 is 0 Å². The standard InChI is InChI=1S/C7H13N/c8-6-2-1-3-7-4-5-7/h1,3,7H,2,4-6,8H2/b3-1+. The molecule has 0 atom stereocenters. The van der Waals surface area contributed by atoms with E-state index in [1.165, 1.54) is 12.8 Å². The van der Waals surface area contributed by atoms with Crippen LogP contribution >= 0.6 is 0 Å². The molecule has 0 radical (unpaired) electrons. The van der Waals surface area contributed by atoms with Crippen molar-refractivity contribution in [1.82, 2.24) is 0 Å². The fourth-order valence-corrected chi connectivity index (χ4v) is 0.674. The lowest BCUT2D eigenvalue weighted by molar-refractivity contribution is 0.988. The van der Waals surface area contributed by atoms with Gasteiger partial charge in [-0.15, -0.1) is 0 Å². The minimum atomic E-state index is 0.795. The van der Waals surface area contributed by atoms with E-state index >= 15 is 0 Å². The zero-order valence-electron chi connectivity index (χ0n) is 5.14. The Hall–Kier alpha value is -0.300. The van der Waals surface area contributed by atoms with Crippen LogP contribution < -0.4 is 5.73 Å². The number of allylic oxidation sites excluding steroid dienone is 1. The van der Waals surface area contributed by atoms with E-state index in [0.717, 1.165) is 18.9 Å². The molecule has 1 aliphatic carbocycles. The third-order valence-corrected chi connectivity index (χ3v) is 1.36. The Morgan fingerprint density at radius 1 is 1.50 bits per heavy atom. The molecule has 46 valence electrons. The molecule has 1 saturated carbocycles. The van der Waals surface area contributed by atoms with Gasteiger partial charge >= 0.3 is 0 Å². The summed E-state index contributed by atoms with van der Waals surface area (Å²) in [4.78, 5) is 0. The maximum absolute atomic E-state index is 5.28. The van der Waals surface area contributed by atoms with Crippen LogP contribution in [0.4, 0.5) is 0 Å². The number of hydrogen-bond donors (Lipinski definition) is 1. The van der Waals surface area contributed by atoms with E-state index in [4.69, 9.17) is 5.73 Å². The van der Waals surface area contributed by atoms with Gasteiger partial charge in [-0.3, -0.25) is 0 Å². The van der Waals surface area contributed by atoms with Gasteiger partial charge < -0.3 is 5.73 Å². The molecular weight excluding hydrogens is 98.1 g/mol. The minimum absolute atomic E-state index is 0.795. The minimum Gasteiger partial charge on any atom is -0.330 e. The predicted molar refractivity (Wildman–Crippen MR) is 35.5 cm³/mol. The van der Waals surface area contributed by atoms with Crippen LogP contribution in [0.2, 0.25) is 0 Å². The van der Waals surface area contributed by atoms with Crippen molar-refractivity contribution in [2.45, 2.75) is 19.3 Å². The van der Waals surface area contributed by atoms with Crippen molar-refractivity contribution in [3.8, 4) is 0 Å². The van der Waals surface area contributed by atoms with E-state index in [1.807, 2.05) is 0 Å². The molecule has 0 aromatic rings. The smallest absolute Gasteiger partial charge is 0.00426 e. The summed E-state index contributed by atoms with van der Waals surface area (Å²) < 4.78 is 0. The SMILES string of the molecule is NCC/C=C/C1CC1. The van der Waals surface area contributed by atoms with Crippen LogP contribution in [0.25, 0.3) is 0 Å². The highest BCUT2D eigenvalue weighted by atomic mass is 14.5.